The fourth-order valence-electron chi connectivity index (χ4n) is 2.33. The van der Waals surface area contributed by atoms with Crippen LogP contribution in [0.25, 0.3) is 0 Å². The molecule has 0 aromatic rings. The van der Waals surface area contributed by atoms with Crippen LogP contribution in [0.4, 0.5) is 0 Å². The lowest BCUT2D eigenvalue weighted by Gasteiger charge is -2.21. The summed E-state index contributed by atoms with van der Waals surface area (Å²) in [6.07, 6.45) is 19.4. The van der Waals surface area contributed by atoms with Crippen LogP contribution in [-0.4, -0.2) is 30.7 Å². The number of unbranched alkanes of at least 4 members (excludes halogenated alkanes) is 1. The lowest BCUT2D eigenvalue weighted by Crippen LogP contribution is -2.22. The van der Waals surface area contributed by atoms with Crippen LogP contribution < -0.4 is 0 Å². The van der Waals surface area contributed by atoms with Gasteiger partial charge in [0, 0.05) is 6.61 Å². The van der Waals surface area contributed by atoms with Crippen molar-refractivity contribution in [2.45, 2.75) is 71.2 Å². The summed E-state index contributed by atoms with van der Waals surface area (Å²) in [7, 11) is 0. The first-order chi connectivity index (χ1) is 11.2. The summed E-state index contributed by atoms with van der Waals surface area (Å²) in [4.78, 5) is 0. The van der Waals surface area contributed by atoms with Crippen LogP contribution in [-0.2, 0) is 9.47 Å². The third-order valence-electron chi connectivity index (χ3n) is 3.70. The molecule has 1 N–H and O–H groups in total. The second kappa shape index (κ2) is 13.5. The second-order valence-electron chi connectivity index (χ2n) is 6.42. The Morgan fingerprint density at radius 1 is 1.04 bits per heavy atom. The van der Waals surface area contributed by atoms with Crippen molar-refractivity contribution < 1.29 is 14.6 Å². The van der Waals surface area contributed by atoms with E-state index in [0.717, 1.165) is 45.1 Å². The number of aliphatic hydroxyl groups excluding tert-OH is 1. The maximum Gasteiger partial charge on any atom is 0.157 e. The van der Waals surface area contributed by atoms with E-state index in [0.29, 0.717) is 12.5 Å². The molecule has 0 bridgehead atoms. The quantitative estimate of drug-likeness (QED) is 0.439. The molecule has 1 saturated heterocycles. The molecule has 0 aromatic carbocycles. The van der Waals surface area contributed by atoms with Gasteiger partial charge in [0.1, 0.15) is 0 Å². The summed E-state index contributed by atoms with van der Waals surface area (Å²) >= 11 is 0. The maximum absolute atomic E-state index is 9.75. The average molecular weight is 322 g/mol. The Labute approximate surface area is 142 Å². The van der Waals surface area contributed by atoms with E-state index >= 15 is 0 Å². The molecule has 2 unspecified atom stereocenters. The van der Waals surface area contributed by atoms with Crippen LogP contribution in [0.2, 0.25) is 0 Å². The van der Waals surface area contributed by atoms with Crippen molar-refractivity contribution in [2.24, 2.45) is 5.92 Å². The van der Waals surface area contributed by atoms with Gasteiger partial charge in [-0.3, -0.25) is 0 Å². The Morgan fingerprint density at radius 2 is 1.78 bits per heavy atom. The van der Waals surface area contributed by atoms with Crippen LogP contribution in [0.15, 0.2) is 36.5 Å². The molecular formula is C20H34O3. The van der Waals surface area contributed by atoms with E-state index in [1.54, 1.807) is 0 Å². The zero-order chi connectivity index (χ0) is 16.8. The minimum Gasteiger partial charge on any atom is -0.389 e. The molecule has 1 rings (SSSR count). The van der Waals surface area contributed by atoms with Crippen LogP contribution in [0.1, 0.15) is 58.8 Å². The number of ether oxygens (including phenoxy) is 2. The second-order valence-corrected chi connectivity index (χ2v) is 6.42. The molecule has 3 heteroatoms. The van der Waals surface area contributed by atoms with Gasteiger partial charge in [-0.1, -0.05) is 50.3 Å². The molecule has 1 heterocycles. The third-order valence-corrected chi connectivity index (χ3v) is 3.70. The summed E-state index contributed by atoms with van der Waals surface area (Å²) in [6.45, 7) is 5.71. The minimum absolute atomic E-state index is 0.00414. The van der Waals surface area contributed by atoms with E-state index in [-0.39, 0.29) is 12.4 Å². The Balaban J connectivity index is 1.94. The third kappa shape index (κ3) is 12.2. The predicted octanol–water partition coefficient (Wildman–Crippen LogP) is 4.78. The Bertz CT molecular complexity index is 352. The van der Waals surface area contributed by atoms with Gasteiger partial charge >= 0.3 is 0 Å². The van der Waals surface area contributed by atoms with Crippen molar-refractivity contribution in [1.82, 2.24) is 0 Å². The maximum atomic E-state index is 9.75. The topological polar surface area (TPSA) is 38.7 Å². The molecule has 23 heavy (non-hydrogen) atoms. The number of aliphatic hydroxyl groups is 1. The highest BCUT2D eigenvalue weighted by atomic mass is 16.7. The molecule has 1 aliphatic rings. The summed E-state index contributed by atoms with van der Waals surface area (Å²) in [5.41, 5.74) is 0. The lowest BCUT2D eigenvalue weighted by molar-refractivity contribution is -0.155. The summed E-state index contributed by atoms with van der Waals surface area (Å²) in [5.74, 6) is 0.501. The first-order valence-corrected chi connectivity index (χ1v) is 9.08. The van der Waals surface area contributed by atoms with Gasteiger partial charge in [0.25, 0.3) is 0 Å². The highest BCUT2D eigenvalue weighted by molar-refractivity contribution is 4.93. The number of hydrogen-bond acceptors (Lipinski definition) is 3. The van der Waals surface area contributed by atoms with Gasteiger partial charge in [-0.2, -0.15) is 0 Å². The van der Waals surface area contributed by atoms with E-state index in [1.165, 1.54) is 6.42 Å². The average Bonchev–Trinajstić information content (AvgIpc) is 2.55. The minimum atomic E-state index is -0.318. The van der Waals surface area contributed by atoms with Gasteiger partial charge < -0.3 is 14.6 Å². The zero-order valence-electron chi connectivity index (χ0n) is 14.8. The van der Waals surface area contributed by atoms with Gasteiger partial charge in [0.05, 0.1) is 12.7 Å². The van der Waals surface area contributed by atoms with Crippen molar-refractivity contribution in [3.05, 3.63) is 36.5 Å². The van der Waals surface area contributed by atoms with Crippen molar-refractivity contribution >= 4 is 0 Å². The van der Waals surface area contributed by atoms with Crippen LogP contribution in [0.3, 0.4) is 0 Å². The van der Waals surface area contributed by atoms with Crippen LogP contribution in [0.5, 0.6) is 0 Å². The van der Waals surface area contributed by atoms with Gasteiger partial charge in [-0.05, 0) is 50.9 Å². The van der Waals surface area contributed by atoms with Crippen molar-refractivity contribution in [3.63, 3.8) is 0 Å². The molecular weight excluding hydrogens is 288 g/mol. The molecule has 0 amide bonds. The normalized spacial score (nSPS) is 21.1. The highest BCUT2D eigenvalue weighted by Gasteiger charge is 2.12. The Hall–Kier alpha value is -0.900. The molecule has 0 radical (unpaired) electrons. The van der Waals surface area contributed by atoms with E-state index in [4.69, 9.17) is 9.47 Å². The predicted molar refractivity (Wildman–Crippen MR) is 96.3 cm³/mol. The Kier molecular flexibility index (Phi) is 11.9. The Morgan fingerprint density at radius 3 is 2.48 bits per heavy atom. The number of allylic oxidation sites excluding steroid dienone is 4. The lowest BCUT2D eigenvalue weighted by atomic mass is 10.1. The molecule has 0 spiro atoms. The molecule has 2 atom stereocenters. The van der Waals surface area contributed by atoms with Crippen LogP contribution in [0, 0.1) is 5.92 Å². The smallest absolute Gasteiger partial charge is 0.157 e. The SMILES string of the molecule is CC(C)C=CC(O)CCC=CCCC=CCOC1CCCCO1. The molecule has 3 nitrogen and oxygen atoms in total. The summed E-state index contributed by atoms with van der Waals surface area (Å²) < 4.78 is 11.1. The molecule has 0 aliphatic carbocycles. The number of rotatable bonds is 11. The van der Waals surface area contributed by atoms with E-state index in [9.17, 15) is 5.11 Å². The van der Waals surface area contributed by atoms with Crippen LogP contribution >= 0.6 is 0 Å². The molecule has 0 aromatic heterocycles. The van der Waals surface area contributed by atoms with Gasteiger partial charge in [0.15, 0.2) is 6.29 Å². The summed E-state index contributed by atoms with van der Waals surface area (Å²) in [5, 5.41) is 9.75. The molecule has 1 aliphatic heterocycles. The standard InChI is InChI=1S/C20H34O3/c1-18(2)14-15-19(21)12-8-6-4-3-5-7-10-16-22-20-13-9-11-17-23-20/h4,6-7,10,14-15,18-21H,3,5,8-9,11-13,16-17H2,1-2H3. The summed E-state index contributed by atoms with van der Waals surface area (Å²) in [6, 6.07) is 0. The van der Waals surface area contributed by atoms with Crippen molar-refractivity contribution in [2.75, 3.05) is 13.2 Å². The van der Waals surface area contributed by atoms with E-state index in [2.05, 4.69) is 44.2 Å². The first-order valence-electron chi connectivity index (χ1n) is 9.08. The van der Waals surface area contributed by atoms with Gasteiger partial charge in [-0.25, -0.2) is 0 Å². The van der Waals surface area contributed by atoms with Crippen molar-refractivity contribution in [3.8, 4) is 0 Å². The highest BCUT2D eigenvalue weighted by Crippen LogP contribution is 2.13. The fraction of sp³-hybridized carbons (Fsp3) is 0.700. The van der Waals surface area contributed by atoms with E-state index < -0.39 is 0 Å². The fourth-order valence-corrected chi connectivity index (χ4v) is 2.33. The van der Waals surface area contributed by atoms with E-state index in [1.807, 2.05) is 6.08 Å². The molecule has 1 fully saturated rings. The largest absolute Gasteiger partial charge is 0.389 e. The zero-order valence-corrected chi connectivity index (χ0v) is 14.8. The molecule has 132 valence electrons. The monoisotopic (exact) mass is 322 g/mol. The van der Waals surface area contributed by atoms with Gasteiger partial charge in [-0.15, -0.1) is 0 Å². The number of hydrogen-bond donors (Lipinski definition) is 1. The first kappa shape index (κ1) is 20.1. The van der Waals surface area contributed by atoms with Crippen molar-refractivity contribution in [1.29, 1.82) is 0 Å². The molecule has 0 saturated carbocycles. The van der Waals surface area contributed by atoms with Gasteiger partial charge in [0.2, 0.25) is 0 Å².